The minimum absolute atomic E-state index is 0.128. The standard InChI is InChI=1S/C19H20N4O3/c1-12-9-18(22-17(16(12)10-20)11-26-14(3)24)23-19(25)21-13(2)15-7-5-4-6-8-15/h4-9,13H,11H2,1-3H3,(H2,21,22,23,25)/t13-/m1/s1. The molecule has 0 aliphatic rings. The van der Waals surface area contributed by atoms with Crippen LogP contribution < -0.4 is 10.6 Å². The van der Waals surface area contributed by atoms with Crippen molar-refractivity contribution in [3.8, 4) is 6.07 Å². The Kier molecular flexibility index (Phi) is 6.28. The third-order valence-corrected chi connectivity index (χ3v) is 3.70. The van der Waals surface area contributed by atoms with Crippen LogP contribution in [0.3, 0.4) is 0 Å². The average molecular weight is 352 g/mol. The second kappa shape index (κ2) is 8.62. The van der Waals surface area contributed by atoms with Gasteiger partial charge in [0.05, 0.1) is 17.3 Å². The Hall–Kier alpha value is -3.40. The number of anilines is 1. The van der Waals surface area contributed by atoms with E-state index in [1.54, 1.807) is 13.0 Å². The Labute approximate surface area is 152 Å². The molecule has 1 aromatic carbocycles. The van der Waals surface area contributed by atoms with Crippen LogP contribution >= 0.6 is 0 Å². The number of pyridine rings is 1. The number of hydrogen-bond donors (Lipinski definition) is 2. The van der Waals surface area contributed by atoms with E-state index in [0.29, 0.717) is 16.8 Å². The van der Waals surface area contributed by atoms with Crippen molar-refractivity contribution in [1.29, 1.82) is 5.26 Å². The zero-order valence-corrected chi connectivity index (χ0v) is 14.9. The van der Waals surface area contributed by atoms with E-state index in [9.17, 15) is 14.9 Å². The molecule has 0 saturated carbocycles. The maximum Gasteiger partial charge on any atom is 0.320 e. The van der Waals surface area contributed by atoms with Crippen molar-refractivity contribution in [2.24, 2.45) is 0 Å². The fourth-order valence-electron chi connectivity index (χ4n) is 2.40. The van der Waals surface area contributed by atoms with Crippen LogP contribution in [0.1, 0.15) is 42.3 Å². The Balaban J connectivity index is 2.12. The molecular formula is C19H20N4O3. The number of carbonyl (C=O) groups is 2. The van der Waals surface area contributed by atoms with E-state index in [1.807, 2.05) is 43.3 Å². The van der Waals surface area contributed by atoms with E-state index in [0.717, 1.165) is 5.56 Å². The zero-order chi connectivity index (χ0) is 19.1. The molecule has 1 heterocycles. The second-order valence-electron chi connectivity index (χ2n) is 5.77. The molecule has 1 aromatic heterocycles. The fraction of sp³-hybridized carbons (Fsp3) is 0.263. The van der Waals surface area contributed by atoms with Gasteiger partial charge in [0.1, 0.15) is 18.5 Å². The minimum atomic E-state index is -0.471. The number of nitriles is 1. The van der Waals surface area contributed by atoms with Crippen molar-refractivity contribution in [2.45, 2.75) is 33.4 Å². The molecule has 7 heteroatoms. The summed E-state index contributed by atoms with van der Waals surface area (Å²) >= 11 is 0. The molecule has 0 bridgehead atoms. The van der Waals surface area contributed by atoms with E-state index in [1.165, 1.54) is 6.92 Å². The number of urea groups is 1. The molecule has 2 aromatic rings. The summed E-state index contributed by atoms with van der Waals surface area (Å²) in [5.74, 6) is -0.192. The molecule has 0 unspecified atom stereocenters. The maximum absolute atomic E-state index is 12.2. The Bertz CT molecular complexity index is 844. The Morgan fingerprint density at radius 3 is 2.62 bits per heavy atom. The highest BCUT2D eigenvalue weighted by molar-refractivity contribution is 5.88. The monoisotopic (exact) mass is 352 g/mol. The summed E-state index contributed by atoms with van der Waals surface area (Å²) in [5, 5.41) is 14.7. The number of nitrogens with one attached hydrogen (secondary N) is 2. The van der Waals surface area contributed by atoms with Gasteiger partial charge in [-0.15, -0.1) is 0 Å². The number of aromatic nitrogens is 1. The van der Waals surface area contributed by atoms with E-state index in [2.05, 4.69) is 15.6 Å². The van der Waals surface area contributed by atoms with Gasteiger partial charge in [-0.1, -0.05) is 30.3 Å². The van der Waals surface area contributed by atoms with E-state index in [-0.39, 0.29) is 18.5 Å². The van der Waals surface area contributed by atoms with Gasteiger partial charge in [-0.05, 0) is 31.0 Å². The third-order valence-electron chi connectivity index (χ3n) is 3.70. The molecule has 2 rings (SSSR count). The van der Waals surface area contributed by atoms with Crippen LogP contribution in [0.25, 0.3) is 0 Å². The van der Waals surface area contributed by atoms with Gasteiger partial charge in [-0.2, -0.15) is 5.26 Å². The molecule has 134 valence electrons. The summed E-state index contributed by atoms with van der Waals surface area (Å²) in [6.45, 7) is 4.75. The number of amides is 2. The van der Waals surface area contributed by atoms with E-state index in [4.69, 9.17) is 4.74 Å². The Morgan fingerprint density at radius 1 is 1.31 bits per heavy atom. The number of hydrogen-bond acceptors (Lipinski definition) is 5. The minimum Gasteiger partial charge on any atom is -0.459 e. The number of esters is 1. The summed E-state index contributed by atoms with van der Waals surface area (Å²) in [6.07, 6.45) is 0. The van der Waals surface area contributed by atoms with Crippen molar-refractivity contribution in [2.75, 3.05) is 5.32 Å². The molecule has 2 amide bonds. The van der Waals surface area contributed by atoms with Crippen molar-refractivity contribution < 1.29 is 14.3 Å². The first-order chi connectivity index (χ1) is 12.4. The molecule has 7 nitrogen and oxygen atoms in total. The lowest BCUT2D eigenvalue weighted by atomic mass is 10.1. The van der Waals surface area contributed by atoms with Gasteiger partial charge in [-0.25, -0.2) is 9.78 Å². The molecule has 0 saturated heterocycles. The molecule has 1 atom stereocenters. The maximum atomic E-state index is 12.2. The van der Waals surface area contributed by atoms with Gasteiger partial charge in [-0.3, -0.25) is 10.1 Å². The van der Waals surface area contributed by atoms with Crippen LogP contribution in [0.2, 0.25) is 0 Å². The molecular weight excluding hydrogens is 332 g/mol. The van der Waals surface area contributed by atoms with Gasteiger partial charge < -0.3 is 10.1 Å². The molecule has 26 heavy (non-hydrogen) atoms. The first kappa shape index (κ1) is 18.9. The predicted molar refractivity (Wildman–Crippen MR) is 96.2 cm³/mol. The summed E-state index contributed by atoms with van der Waals surface area (Å²) in [5.41, 5.74) is 2.24. The van der Waals surface area contributed by atoms with Crippen LogP contribution in [0.4, 0.5) is 10.6 Å². The molecule has 0 spiro atoms. The van der Waals surface area contributed by atoms with Crippen LogP contribution in [0.15, 0.2) is 36.4 Å². The number of carbonyl (C=O) groups excluding carboxylic acids is 2. The number of rotatable bonds is 5. The van der Waals surface area contributed by atoms with Crippen LogP contribution in [0.5, 0.6) is 0 Å². The van der Waals surface area contributed by atoms with Crippen molar-refractivity contribution in [3.05, 3.63) is 58.8 Å². The molecule has 0 aliphatic carbocycles. The second-order valence-corrected chi connectivity index (χ2v) is 5.77. The van der Waals surface area contributed by atoms with E-state index >= 15 is 0 Å². The molecule has 0 aliphatic heterocycles. The van der Waals surface area contributed by atoms with Crippen molar-refractivity contribution >= 4 is 17.8 Å². The van der Waals surface area contributed by atoms with Crippen LogP contribution in [-0.2, 0) is 16.1 Å². The van der Waals surface area contributed by atoms with Crippen LogP contribution in [-0.4, -0.2) is 17.0 Å². The highest BCUT2D eigenvalue weighted by atomic mass is 16.5. The van der Waals surface area contributed by atoms with Crippen LogP contribution in [0, 0.1) is 18.3 Å². The average Bonchev–Trinajstić information content (AvgIpc) is 2.60. The molecule has 0 radical (unpaired) electrons. The van der Waals surface area contributed by atoms with Crippen molar-refractivity contribution in [1.82, 2.24) is 10.3 Å². The van der Waals surface area contributed by atoms with E-state index < -0.39 is 12.0 Å². The van der Waals surface area contributed by atoms with Crippen molar-refractivity contribution in [3.63, 3.8) is 0 Å². The van der Waals surface area contributed by atoms with Gasteiger partial charge in [0.15, 0.2) is 0 Å². The van der Waals surface area contributed by atoms with Gasteiger partial charge in [0.25, 0.3) is 0 Å². The van der Waals surface area contributed by atoms with Gasteiger partial charge in [0, 0.05) is 6.92 Å². The Morgan fingerprint density at radius 2 is 2.00 bits per heavy atom. The summed E-state index contributed by atoms with van der Waals surface area (Å²) < 4.78 is 4.93. The first-order valence-electron chi connectivity index (χ1n) is 8.07. The number of benzene rings is 1. The topological polar surface area (TPSA) is 104 Å². The SMILES string of the molecule is CC(=O)OCc1nc(NC(=O)N[C@H](C)c2ccccc2)cc(C)c1C#N. The lowest BCUT2D eigenvalue weighted by molar-refractivity contribution is -0.142. The fourth-order valence-corrected chi connectivity index (χ4v) is 2.40. The lowest BCUT2D eigenvalue weighted by Crippen LogP contribution is -2.31. The largest absolute Gasteiger partial charge is 0.459 e. The van der Waals surface area contributed by atoms with Gasteiger partial charge >= 0.3 is 12.0 Å². The normalized spacial score (nSPS) is 11.2. The zero-order valence-electron chi connectivity index (χ0n) is 14.9. The third kappa shape index (κ3) is 5.05. The summed E-state index contributed by atoms with van der Waals surface area (Å²) in [6, 6.07) is 12.6. The highest BCUT2D eigenvalue weighted by Crippen LogP contribution is 2.18. The number of nitrogens with zero attached hydrogens (tertiary/aromatic N) is 2. The molecule has 0 fully saturated rings. The quantitative estimate of drug-likeness (QED) is 0.804. The lowest BCUT2D eigenvalue weighted by Gasteiger charge is -2.15. The number of ether oxygens (including phenoxy) is 1. The van der Waals surface area contributed by atoms with Gasteiger partial charge in [0.2, 0.25) is 0 Å². The number of aryl methyl sites for hydroxylation is 1. The first-order valence-corrected chi connectivity index (χ1v) is 8.07. The predicted octanol–water partition coefficient (Wildman–Crippen LogP) is 3.21. The molecule has 2 N–H and O–H groups in total. The summed E-state index contributed by atoms with van der Waals surface area (Å²) in [4.78, 5) is 27.5. The summed E-state index contributed by atoms with van der Waals surface area (Å²) in [7, 11) is 0. The smallest absolute Gasteiger partial charge is 0.320 e. The highest BCUT2D eigenvalue weighted by Gasteiger charge is 2.14.